The van der Waals surface area contributed by atoms with Crippen LogP contribution in [0.4, 0.5) is 0 Å². The number of hydrogen-bond donors (Lipinski definition) is 1. The molecule has 2 atom stereocenters. The molecule has 2 fully saturated rings. The highest BCUT2D eigenvalue weighted by atomic mass is 16.7. The molecule has 7 rings (SSSR count). The molecule has 0 saturated carbocycles. The van der Waals surface area contributed by atoms with E-state index in [1.54, 1.807) is 0 Å². The summed E-state index contributed by atoms with van der Waals surface area (Å²) in [4.78, 5) is 25.6. The van der Waals surface area contributed by atoms with Gasteiger partial charge in [0.1, 0.15) is 11.9 Å². The minimum Gasteiger partial charge on any atom is -0.292 e. The van der Waals surface area contributed by atoms with E-state index in [4.69, 9.17) is 9.82 Å². The zero-order chi connectivity index (χ0) is 29.6. The topological polar surface area (TPSA) is 102 Å². The molecule has 0 aliphatic carbocycles. The van der Waals surface area contributed by atoms with E-state index in [1.165, 1.54) is 0 Å². The Hall–Kier alpha value is -4.21. The predicted octanol–water partition coefficient (Wildman–Crippen LogP) is 6.25. The molecule has 5 aromatic rings. The van der Waals surface area contributed by atoms with E-state index in [1.807, 2.05) is 34.9 Å². The zero-order valence-corrected chi connectivity index (χ0v) is 25.0. The highest BCUT2D eigenvalue weighted by molar-refractivity contribution is 5.80. The van der Waals surface area contributed by atoms with Crippen LogP contribution in [0.3, 0.4) is 0 Å². The van der Waals surface area contributed by atoms with Crippen LogP contribution < -0.4 is 5.56 Å². The predicted molar refractivity (Wildman–Crippen MR) is 166 cm³/mol. The van der Waals surface area contributed by atoms with E-state index < -0.39 is 0 Å². The Morgan fingerprint density at radius 2 is 1.86 bits per heavy atom. The van der Waals surface area contributed by atoms with Gasteiger partial charge in [0, 0.05) is 23.6 Å². The maximum atomic E-state index is 14.1. The van der Waals surface area contributed by atoms with Gasteiger partial charge >= 0.3 is 0 Å². The van der Waals surface area contributed by atoms with Crippen LogP contribution in [0.1, 0.15) is 75.9 Å². The maximum absolute atomic E-state index is 14.1. The SMILES string of the molecule is CCCCc1nc2ccc(C3CC4CCC(C)(C)N4O3)cc2c(=O)n1Cc1ccc(-c2ccccc2-c2nn[nH]n2)cc1. The Labute approximate surface area is 250 Å². The van der Waals surface area contributed by atoms with Gasteiger partial charge < -0.3 is 0 Å². The number of hydroxylamine groups is 2. The largest absolute Gasteiger partial charge is 0.292 e. The maximum Gasteiger partial charge on any atom is 0.261 e. The number of benzene rings is 3. The molecule has 2 aromatic heterocycles. The van der Waals surface area contributed by atoms with Crippen molar-refractivity contribution in [1.29, 1.82) is 0 Å². The third-order valence-corrected chi connectivity index (χ3v) is 9.05. The zero-order valence-electron chi connectivity index (χ0n) is 25.0. The molecule has 0 spiro atoms. The van der Waals surface area contributed by atoms with Gasteiger partial charge in [-0.25, -0.2) is 4.98 Å². The van der Waals surface area contributed by atoms with Gasteiger partial charge in [-0.3, -0.25) is 14.2 Å². The summed E-state index contributed by atoms with van der Waals surface area (Å²) in [5, 5.41) is 17.4. The normalized spacial score (nSPS) is 19.7. The number of nitrogens with one attached hydrogen (secondary N) is 1. The number of rotatable bonds is 8. The number of fused-ring (bicyclic) bond motifs is 2. The lowest BCUT2D eigenvalue weighted by molar-refractivity contribution is -0.199. The molecular formula is C34H37N7O2. The standard InChI is InChI=1S/C34H37N7O2/c1-4-5-10-31-35-29-16-15-24(30-20-25-17-18-34(2,3)41(25)43-30)19-28(29)33(42)40(31)21-22-11-13-23(14-12-22)26-8-6-7-9-27(26)32-36-38-39-37-32/h6-9,11-16,19,25,30H,4-5,10,17-18,20-21H2,1-3H3,(H,36,37,38,39). The second kappa shape index (κ2) is 11.1. The molecule has 43 heavy (non-hydrogen) atoms. The summed E-state index contributed by atoms with van der Waals surface area (Å²) >= 11 is 0. The quantitative estimate of drug-likeness (QED) is 0.233. The summed E-state index contributed by atoms with van der Waals surface area (Å²) in [7, 11) is 0. The molecule has 2 aliphatic rings. The Morgan fingerprint density at radius 3 is 2.60 bits per heavy atom. The number of tetrazole rings is 1. The van der Waals surface area contributed by atoms with E-state index in [0.717, 1.165) is 77.7 Å². The first kappa shape index (κ1) is 27.6. The number of H-pyrrole nitrogens is 1. The molecule has 4 heterocycles. The molecule has 0 amide bonds. The molecule has 2 unspecified atom stereocenters. The summed E-state index contributed by atoms with van der Waals surface area (Å²) in [5.74, 6) is 1.39. The van der Waals surface area contributed by atoms with Crippen LogP contribution in [0.25, 0.3) is 33.4 Å². The van der Waals surface area contributed by atoms with Crippen molar-refractivity contribution in [2.45, 2.75) is 83.5 Å². The summed E-state index contributed by atoms with van der Waals surface area (Å²) in [6.45, 7) is 7.11. The second-order valence-electron chi connectivity index (χ2n) is 12.4. The van der Waals surface area contributed by atoms with E-state index in [9.17, 15) is 4.79 Å². The Balaban J connectivity index is 1.20. The van der Waals surface area contributed by atoms with Gasteiger partial charge in [-0.15, -0.1) is 10.2 Å². The molecule has 2 aliphatic heterocycles. The Kier molecular flexibility index (Phi) is 7.15. The van der Waals surface area contributed by atoms with Gasteiger partial charge in [0.25, 0.3) is 5.56 Å². The van der Waals surface area contributed by atoms with Gasteiger partial charge in [0.2, 0.25) is 5.82 Å². The average molecular weight is 576 g/mol. The fourth-order valence-corrected chi connectivity index (χ4v) is 6.66. The van der Waals surface area contributed by atoms with E-state index in [0.29, 0.717) is 23.8 Å². The monoisotopic (exact) mass is 575 g/mol. The minimum absolute atomic E-state index is 0.00306. The number of aromatic nitrogens is 6. The van der Waals surface area contributed by atoms with Gasteiger partial charge in [0.15, 0.2) is 0 Å². The smallest absolute Gasteiger partial charge is 0.261 e. The van der Waals surface area contributed by atoms with Crippen LogP contribution >= 0.6 is 0 Å². The highest BCUT2D eigenvalue weighted by Gasteiger charge is 2.47. The van der Waals surface area contributed by atoms with Crippen molar-refractivity contribution in [2.24, 2.45) is 0 Å². The first-order chi connectivity index (χ1) is 20.9. The van der Waals surface area contributed by atoms with Crippen molar-refractivity contribution >= 4 is 10.9 Å². The third-order valence-electron chi connectivity index (χ3n) is 9.05. The summed E-state index contributed by atoms with van der Waals surface area (Å²) in [5.41, 5.74) is 5.87. The van der Waals surface area contributed by atoms with Crippen molar-refractivity contribution in [2.75, 3.05) is 0 Å². The van der Waals surface area contributed by atoms with E-state index in [2.05, 4.69) is 82.9 Å². The number of nitrogens with zero attached hydrogens (tertiary/aromatic N) is 6. The Morgan fingerprint density at radius 1 is 1.05 bits per heavy atom. The van der Waals surface area contributed by atoms with Crippen LogP contribution in [0, 0.1) is 0 Å². The fourth-order valence-electron chi connectivity index (χ4n) is 6.66. The lowest BCUT2D eigenvalue weighted by Gasteiger charge is -2.30. The number of hydrogen-bond acceptors (Lipinski definition) is 7. The molecule has 0 bridgehead atoms. The number of aryl methyl sites for hydroxylation is 1. The molecule has 9 heteroatoms. The summed E-state index contributed by atoms with van der Waals surface area (Å²) in [6, 6.07) is 22.9. The van der Waals surface area contributed by atoms with Gasteiger partial charge in [-0.1, -0.05) is 67.9 Å². The Bertz CT molecular complexity index is 1810. The highest BCUT2D eigenvalue weighted by Crippen LogP contribution is 2.45. The lowest BCUT2D eigenvalue weighted by Crippen LogP contribution is -2.38. The van der Waals surface area contributed by atoms with Crippen LogP contribution in [-0.4, -0.2) is 46.8 Å². The summed E-state index contributed by atoms with van der Waals surface area (Å²) < 4.78 is 1.86. The van der Waals surface area contributed by atoms with Crippen LogP contribution in [-0.2, 0) is 17.8 Å². The average Bonchev–Trinajstić information content (AvgIpc) is 3.77. The minimum atomic E-state index is -0.0375. The van der Waals surface area contributed by atoms with Crippen LogP contribution in [0.5, 0.6) is 0 Å². The molecule has 1 N–H and O–H groups in total. The molecule has 0 radical (unpaired) electrons. The fraction of sp³-hybridized carbons (Fsp3) is 0.382. The van der Waals surface area contributed by atoms with Crippen molar-refractivity contribution in [1.82, 2.24) is 35.2 Å². The van der Waals surface area contributed by atoms with Crippen molar-refractivity contribution < 1.29 is 4.84 Å². The van der Waals surface area contributed by atoms with Gasteiger partial charge in [-0.05, 0) is 79.1 Å². The number of unbranched alkanes of at least 4 members (excludes halogenated alkanes) is 1. The first-order valence-corrected chi connectivity index (χ1v) is 15.3. The van der Waals surface area contributed by atoms with Gasteiger partial charge in [-0.2, -0.15) is 10.3 Å². The van der Waals surface area contributed by atoms with E-state index >= 15 is 0 Å². The number of aromatic amines is 1. The van der Waals surface area contributed by atoms with Gasteiger partial charge in [0.05, 0.1) is 17.4 Å². The van der Waals surface area contributed by atoms with Crippen LogP contribution in [0.2, 0.25) is 0 Å². The first-order valence-electron chi connectivity index (χ1n) is 15.3. The molecule has 3 aromatic carbocycles. The van der Waals surface area contributed by atoms with Crippen LogP contribution in [0.15, 0.2) is 71.5 Å². The molecule has 9 nitrogen and oxygen atoms in total. The summed E-state index contributed by atoms with van der Waals surface area (Å²) in [6.07, 6.45) is 5.98. The van der Waals surface area contributed by atoms with E-state index in [-0.39, 0.29) is 17.2 Å². The lowest BCUT2D eigenvalue weighted by atomic mass is 9.98. The molecular weight excluding hydrogens is 538 g/mol. The third kappa shape index (κ3) is 5.17. The molecule has 220 valence electrons. The van der Waals surface area contributed by atoms with Crippen molar-refractivity contribution in [3.05, 3.63) is 94.0 Å². The van der Waals surface area contributed by atoms with Crippen molar-refractivity contribution in [3.63, 3.8) is 0 Å². The second-order valence-corrected chi connectivity index (χ2v) is 12.4. The van der Waals surface area contributed by atoms with Crippen molar-refractivity contribution in [3.8, 4) is 22.5 Å². The molecule has 2 saturated heterocycles.